The van der Waals surface area contributed by atoms with Crippen LogP contribution in [0.25, 0.3) is 0 Å². The van der Waals surface area contributed by atoms with Crippen LogP contribution in [0.4, 0.5) is 0 Å². The minimum atomic E-state index is -4.27. The molecule has 0 aliphatic rings. The van der Waals surface area contributed by atoms with E-state index in [0.29, 0.717) is 0 Å². The van der Waals surface area contributed by atoms with Crippen LogP contribution in [0.2, 0.25) is 0 Å². The first-order chi connectivity index (χ1) is 17.2. The predicted molar refractivity (Wildman–Crippen MR) is 155 cm³/mol. The molecule has 1 aromatic rings. The van der Waals surface area contributed by atoms with Gasteiger partial charge in [0.05, 0.1) is 31.1 Å². The third-order valence-electron chi connectivity index (χ3n) is 7.25. The molecule has 0 aliphatic heterocycles. The third-order valence-corrected chi connectivity index (χ3v) is 8.10. The van der Waals surface area contributed by atoms with Crippen molar-refractivity contribution in [1.29, 1.82) is 0 Å². The zero-order valence-electron chi connectivity index (χ0n) is 24.5. The molecule has 1 rings (SSSR count). The van der Waals surface area contributed by atoms with Crippen LogP contribution >= 0.6 is 0 Å². The molecule has 0 aromatic heterocycles. The molecule has 0 spiro atoms. The number of nitrogens with zero attached hydrogens (tertiary/aromatic N) is 1. The summed E-state index contributed by atoms with van der Waals surface area (Å²) in [5.74, 6) is 0. The van der Waals surface area contributed by atoms with Crippen molar-refractivity contribution in [3.8, 4) is 0 Å². The molecular weight excluding hydrogens is 466 g/mol. The lowest BCUT2D eigenvalue weighted by Crippen LogP contribution is -2.50. The predicted octanol–water partition coefficient (Wildman–Crippen LogP) is 9.02. The van der Waals surface area contributed by atoms with Crippen molar-refractivity contribution >= 4 is 10.1 Å². The highest BCUT2D eigenvalue weighted by Gasteiger charge is 2.25. The summed E-state index contributed by atoms with van der Waals surface area (Å²) in [6.45, 7) is 17.0. The van der Waals surface area contributed by atoms with Crippen molar-refractivity contribution in [1.82, 2.24) is 0 Å². The summed E-state index contributed by atoms with van der Waals surface area (Å²) in [4.78, 5) is -0.178. The van der Waals surface area contributed by atoms with Gasteiger partial charge in [-0.05, 0) is 70.4 Å². The maximum absolute atomic E-state index is 10.4. The Bertz CT molecular complexity index is 662. The third kappa shape index (κ3) is 18.4. The summed E-state index contributed by atoms with van der Waals surface area (Å²) in [6, 6.07) is 5.78. The van der Waals surface area contributed by atoms with Crippen LogP contribution in [0, 0.1) is 6.92 Å². The summed E-state index contributed by atoms with van der Waals surface area (Å²) >= 11 is 0. The summed E-state index contributed by atoms with van der Waals surface area (Å²) in [6.07, 6.45) is 22.8. The van der Waals surface area contributed by atoms with E-state index >= 15 is 0 Å². The van der Waals surface area contributed by atoms with Gasteiger partial charge in [0.1, 0.15) is 10.1 Å². The van der Waals surface area contributed by atoms with Crippen LogP contribution < -0.4 is 0 Å². The van der Waals surface area contributed by atoms with E-state index in [1.165, 1.54) is 146 Å². The van der Waals surface area contributed by atoms with E-state index in [9.17, 15) is 13.0 Å². The zero-order chi connectivity index (χ0) is 27.1. The quantitative estimate of drug-likeness (QED) is 0.0913. The molecular formula is C31H59NO3S. The fourth-order valence-electron chi connectivity index (χ4n) is 4.87. The monoisotopic (exact) mass is 525 g/mol. The number of aryl methyl sites for hydroxylation is 1. The summed E-state index contributed by atoms with van der Waals surface area (Å²) in [7, 11) is -4.27. The number of hydrogen-bond acceptors (Lipinski definition) is 3. The van der Waals surface area contributed by atoms with Gasteiger partial charge in [0.15, 0.2) is 0 Å². The number of unbranched alkanes of at least 4 members (excludes halogenated alkanes) is 12. The second kappa shape index (κ2) is 22.1. The normalized spacial score (nSPS) is 11.8. The molecule has 0 atom stereocenters. The minimum absolute atomic E-state index is 0.178. The molecule has 0 saturated carbocycles. The largest absolute Gasteiger partial charge is 0.744 e. The van der Waals surface area contributed by atoms with Gasteiger partial charge >= 0.3 is 0 Å². The first kappa shape index (κ1) is 35.1. The summed E-state index contributed by atoms with van der Waals surface area (Å²) in [5, 5.41) is 0. The SMILES string of the molecule is CCCCCC[N+](CCCCCC)(CCCCCC)CCCCCC.Cc1ccc(S(=O)(=O)[O-])cc1. The van der Waals surface area contributed by atoms with Crippen LogP contribution in [0.1, 0.15) is 136 Å². The van der Waals surface area contributed by atoms with Gasteiger partial charge in [-0.25, -0.2) is 8.42 Å². The molecule has 5 heteroatoms. The molecule has 0 aliphatic carbocycles. The number of quaternary nitrogens is 1. The molecule has 0 bridgehead atoms. The summed E-state index contributed by atoms with van der Waals surface area (Å²) < 4.78 is 32.6. The highest BCUT2D eigenvalue weighted by Crippen LogP contribution is 2.19. The lowest BCUT2D eigenvalue weighted by atomic mass is 10.1. The molecule has 0 heterocycles. The summed E-state index contributed by atoms with van der Waals surface area (Å²) in [5.41, 5.74) is 0.928. The molecule has 0 saturated heterocycles. The molecule has 1 aromatic carbocycles. The lowest BCUT2D eigenvalue weighted by molar-refractivity contribution is -0.929. The molecule has 4 nitrogen and oxygen atoms in total. The molecule has 0 unspecified atom stereocenters. The minimum Gasteiger partial charge on any atom is -0.744 e. The van der Waals surface area contributed by atoms with Gasteiger partial charge in [-0.3, -0.25) is 0 Å². The average Bonchev–Trinajstić information content (AvgIpc) is 2.85. The molecule has 0 N–H and O–H groups in total. The van der Waals surface area contributed by atoms with Gasteiger partial charge in [-0.15, -0.1) is 0 Å². The van der Waals surface area contributed by atoms with E-state index in [-0.39, 0.29) is 4.90 Å². The molecule has 0 fully saturated rings. The first-order valence-corrected chi connectivity index (χ1v) is 16.5. The number of rotatable bonds is 21. The second-order valence-electron chi connectivity index (χ2n) is 10.7. The van der Waals surface area contributed by atoms with Crippen LogP contribution in [-0.2, 0) is 10.1 Å². The van der Waals surface area contributed by atoms with E-state index in [2.05, 4.69) is 27.7 Å². The zero-order valence-corrected chi connectivity index (χ0v) is 25.3. The molecule has 0 amide bonds. The van der Waals surface area contributed by atoms with Crippen molar-refractivity contribution in [2.45, 2.75) is 142 Å². The Kier molecular flexibility index (Phi) is 21.5. The van der Waals surface area contributed by atoms with Gasteiger partial charge in [0.2, 0.25) is 0 Å². The Labute approximate surface area is 225 Å². The lowest BCUT2D eigenvalue weighted by Gasteiger charge is -2.39. The standard InChI is InChI=1S/C24H52N.C7H8O3S/c1-5-9-13-17-21-25(22-18-14-10-6-2,23-19-15-11-7-3)24-20-16-12-8-4;1-6-2-4-7(5-3-6)11(8,9)10/h5-24H2,1-4H3;2-5H,1H3,(H,8,9,10)/q+1;/p-1. The van der Waals surface area contributed by atoms with E-state index in [1.54, 1.807) is 12.1 Å². The highest BCUT2D eigenvalue weighted by atomic mass is 32.2. The van der Waals surface area contributed by atoms with Crippen LogP contribution in [0.3, 0.4) is 0 Å². The first-order valence-electron chi connectivity index (χ1n) is 15.1. The highest BCUT2D eigenvalue weighted by molar-refractivity contribution is 7.85. The van der Waals surface area contributed by atoms with Gasteiger partial charge in [-0.1, -0.05) is 96.8 Å². The molecule has 212 valence electrons. The Balaban J connectivity index is 0.000000918. The van der Waals surface area contributed by atoms with Gasteiger partial charge < -0.3 is 9.04 Å². The van der Waals surface area contributed by atoms with Crippen LogP contribution in [0.15, 0.2) is 29.2 Å². The van der Waals surface area contributed by atoms with Crippen LogP contribution in [-0.4, -0.2) is 43.6 Å². The van der Waals surface area contributed by atoms with Gasteiger partial charge in [0.25, 0.3) is 0 Å². The fraction of sp³-hybridized carbons (Fsp3) is 0.806. The Morgan fingerprint density at radius 3 is 1.11 bits per heavy atom. The van der Waals surface area contributed by atoms with Crippen molar-refractivity contribution in [2.75, 3.05) is 26.2 Å². The van der Waals surface area contributed by atoms with Crippen molar-refractivity contribution < 1.29 is 17.5 Å². The molecule has 0 radical (unpaired) electrons. The van der Waals surface area contributed by atoms with Crippen molar-refractivity contribution in [3.05, 3.63) is 29.8 Å². The number of benzene rings is 1. The Hall–Kier alpha value is -0.910. The topological polar surface area (TPSA) is 57.2 Å². The van der Waals surface area contributed by atoms with Gasteiger partial charge in [-0.2, -0.15) is 0 Å². The van der Waals surface area contributed by atoms with Crippen LogP contribution in [0.5, 0.6) is 0 Å². The van der Waals surface area contributed by atoms with E-state index in [0.717, 1.165) is 5.56 Å². The van der Waals surface area contributed by atoms with E-state index in [4.69, 9.17) is 0 Å². The van der Waals surface area contributed by atoms with Crippen molar-refractivity contribution in [3.63, 3.8) is 0 Å². The average molecular weight is 526 g/mol. The smallest absolute Gasteiger partial charge is 0.124 e. The second-order valence-corrected chi connectivity index (χ2v) is 12.1. The maximum Gasteiger partial charge on any atom is 0.124 e. The van der Waals surface area contributed by atoms with E-state index in [1.807, 2.05) is 6.92 Å². The Morgan fingerprint density at radius 1 is 0.556 bits per heavy atom. The maximum atomic E-state index is 10.4. The number of hydrogen-bond donors (Lipinski definition) is 0. The molecule has 36 heavy (non-hydrogen) atoms. The van der Waals surface area contributed by atoms with Crippen molar-refractivity contribution in [2.24, 2.45) is 0 Å². The van der Waals surface area contributed by atoms with E-state index < -0.39 is 10.1 Å². The fourth-order valence-corrected chi connectivity index (χ4v) is 5.34. The van der Waals surface area contributed by atoms with Gasteiger partial charge in [0, 0.05) is 0 Å². The Morgan fingerprint density at radius 2 is 0.861 bits per heavy atom.